The lowest BCUT2D eigenvalue weighted by Crippen LogP contribution is -2.11. The number of benzene rings is 2. The van der Waals surface area contributed by atoms with Gasteiger partial charge >= 0.3 is 15.7 Å². The van der Waals surface area contributed by atoms with Gasteiger partial charge < -0.3 is 8.60 Å². The number of aromatic nitrogens is 1. The SMILES string of the molecule is Cc1cnc2c(S(=O)(=O)Oc3ccc4ccc(=O)oc4c3)cccc2c1. The first kappa shape index (κ1) is 16.3. The van der Waals surface area contributed by atoms with E-state index in [1.165, 1.54) is 24.3 Å². The number of fused-ring (bicyclic) bond motifs is 2. The lowest BCUT2D eigenvalue weighted by molar-refractivity contribution is 0.486. The molecule has 0 bridgehead atoms. The smallest absolute Gasteiger partial charge is 0.341 e. The van der Waals surface area contributed by atoms with Crippen LogP contribution in [0.2, 0.25) is 0 Å². The average Bonchev–Trinajstić information content (AvgIpc) is 2.60. The summed E-state index contributed by atoms with van der Waals surface area (Å²) < 4.78 is 35.8. The van der Waals surface area contributed by atoms with Crippen LogP contribution in [-0.2, 0) is 10.1 Å². The Kier molecular flexibility index (Phi) is 3.73. The second-order valence-corrected chi connectivity index (χ2v) is 7.35. The molecule has 4 aromatic rings. The van der Waals surface area contributed by atoms with Crippen LogP contribution >= 0.6 is 0 Å². The molecule has 2 aromatic carbocycles. The normalized spacial score (nSPS) is 11.7. The van der Waals surface area contributed by atoms with Crippen LogP contribution in [0.3, 0.4) is 0 Å². The second kappa shape index (κ2) is 5.96. The summed E-state index contributed by atoms with van der Waals surface area (Å²) in [5, 5.41) is 1.37. The number of nitrogens with zero attached hydrogens (tertiary/aromatic N) is 1. The molecule has 0 amide bonds. The summed E-state index contributed by atoms with van der Waals surface area (Å²) in [5.41, 5.74) is 0.992. The van der Waals surface area contributed by atoms with Crippen molar-refractivity contribution < 1.29 is 17.0 Å². The van der Waals surface area contributed by atoms with E-state index in [0.717, 1.165) is 5.56 Å². The molecule has 0 fully saturated rings. The molecule has 0 aliphatic rings. The number of hydrogen-bond acceptors (Lipinski definition) is 6. The highest BCUT2D eigenvalue weighted by Gasteiger charge is 2.21. The minimum absolute atomic E-state index is 0.0235. The first-order valence-corrected chi connectivity index (χ1v) is 9.17. The van der Waals surface area contributed by atoms with E-state index >= 15 is 0 Å². The third-order valence-electron chi connectivity index (χ3n) is 3.88. The molecule has 2 heterocycles. The second-order valence-electron chi connectivity index (χ2n) is 5.83. The Morgan fingerprint density at radius 2 is 1.81 bits per heavy atom. The molecular weight excluding hydrogens is 354 g/mol. The number of pyridine rings is 1. The molecule has 0 unspecified atom stereocenters. The predicted octanol–water partition coefficient (Wildman–Crippen LogP) is 3.42. The van der Waals surface area contributed by atoms with Crippen molar-refractivity contribution in [2.75, 3.05) is 0 Å². The van der Waals surface area contributed by atoms with E-state index in [4.69, 9.17) is 8.60 Å². The van der Waals surface area contributed by atoms with Gasteiger partial charge in [0.25, 0.3) is 0 Å². The van der Waals surface area contributed by atoms with Gasteiger partial charge in [-0.05, 0) is 42.8 Å². The van der Waals surface area contributed by atoms with Crippen molar-refractivity contribution in [1.29, 1.82) is 0 Å². The molecule has 0 N–H and O–H groups in total. The van der Waals surface area contributed by atoms with Crippen molar-refractivity contribution in [1.82, 2.24) is 4.98 Å². The summed E-state index contributed by atoms with van der Waals surface area (Å²) in [6.07, 6.45) is 1.60. The summed E-state index contributed by atoms with van der Waals surface area (Å²) in [4.78, 5) is 15.5. The Morgan fingerprint density at radius 1 is 1.00 bits per heavy atom. The number of rotatable bonds is 3. The number of para-hydroxylation sites is 1. The van der Waals surface area contributed by atoms with E-state index in [0.29, 0.717) is 16.3 Å². The minimum Gasteiger partial charge on any atom is -0.423 e. The predicted molar refractivity (Wildman–Crippen MR) is 96.8 cm³/mol. The molecule has 0 spiro atoms. The van der Waals surface area contributed by atoms with E-state index in [-0.39, 0.29) is 16.2 Å². The Bertz CT molecular complexity index is 1310. The van der Waals surface area contributed by atoms with E-state index in [9.17, 15) is 13.2 Å². The third kappa shape index (κ3) is 2.93. The topological polar surface area (TPSA) is 86.5 Å². The maximum absolute atomic E-state index is 12.7. The molecule has 0 saturated carbocycles. The molecule has 0 aliphatic carbocycles. The molecule has 0 saturated heterocycles. The first-order chi connectivity index (χ1) is 12.4. The van der Waals surface area contributed by atoms with E-state index in [1.807, 2.05) is 13.0 Å². The van der Waals surface area contributed by atoms with Gasteiger partial charge in [-0.2, -0.15) is 8.42 Å². The van der Waals surface area contributed by atoms with Crippen molar-refractivity contribution in [2.24, 2.45) is 0 Å². The summed E-state index contributed by atoms with van der Waals surface area (Å²) >= 11 is 0. The molecule has 4 rings (SSSR count). The van der Waals surface area contributed by atoms with Gasteiger partial charge in [-0.25, -0.2) is 4.79 Å². The van der Waals surface area contributed by atoms with E-state index < -0.39 is 15.7 Å². The molecule has 7 heteroatoms. The summed E-state index contributed by atoms with van der Waals surface area (Å²) in [7, 11) is -4.11. The highest BCUT2D eigenvalue weighted by molar-refractivity contribution is 7.87. The van der Waals surface area contributed by atoms with Crippen LogP contribution in [0.25, 0.3) is 21.9 Å². The van der Waals surface area contributed by atoms with Crippen molar-refractivity contribution in [3.05, 3.63) is 76.8 Å². The fourth-order valence-corrected chi connectivity index (χ4v) is 3.81. The molecule has 0 radical (unpaired) electrons. The van der Waals surface area contributed by atoms with E-state index in [1.54, 1.807) is 30.5 Å². The summed E-state index contributed by atoms with van der Waals surface area (Å²) in [5.74, 6) is 0.0518. The maximum Gasteiger partial charge on any atom is 0.341 e. The number of hydrogen-bond donors (Lipinski definition) is 0. The van der Waals surface area contributed by atoms with Crippen LogP contribution in [0.4, 0.5) is 0 Å². The van der Waals surface area contributed by atoms with Gasteiger partial charge in [0, 0.05) is 29.1 Å². The fraction of sp³-hybridized carbons (Fsp3) is 0.0526. The number of aryl methyl sites for hydroxylation is 1. The van der Waals surface area contributed by atoms with Gasteiger partial charge in [0.2, 0.25) is 0 Å². The van der Waals surface area contributed by atoms with Crippen molar-refractivity contribution >= 4 is 32.0 Å². The van der Waals surface area contributed by atoms with E-state index in [2.05, 4.69) is 4.98 Å². The standard InChI is InChI=1S/C19H13NO5S/c1-12-9-14-3-2-4-17(19(14)20-11-12)26(22,23)25-15-7-5-13-6-8-18(21)24-16(13)10-15/h2-11H,1H3. The van der Waals surface area contributed by atoms with Crippen molar-refractivity contribution in [3.63, 3.8) is 0 Å². The van der Waals surface area contributed by atoms with Crippen LogP contribution in [-0.4, -0.2) is 13.4 Å². The van der Waals surface area contributed by atoms with Gasteiger partial charge in [0.05, 0.1) is 5.52 Å². The van der Waals surface area contributed by atoms with Crippen LogP contribution in [0, 0.1) is 6.92 Å². The van der Waals surface area contributed by atoms with Crippen molar-refractivity contribution in [2.45, 2.75) is 11.8 Å². The molecular formula is C19H13NO5S. The summed E-state index contributed by atoms with van der Waals surface area (Å²) in [6.45, 7) is 1.88. The lowest BCUT2D eigenvalue weighted by Gasteiger charge is -2.09. The van der Waals surface area contributed by atoms with Gasteiger partial charge in [0.1, 0.15) is 16.2 Å². The zero-order valence-corrected chi connectivity index (χ0v) is 14.5. The molecule has 6 nitrogen and oxygen atoms in total. The van der Waals surface area contributed by atoms with Gasteiger partial charge in [-0.3, -0.25) is 4.98 Å². The first-order valence-electron chi connectivity index (χ1n) is 7.76. The zero-order chi connectivity index (χ0) is 18.3. The maximum atomic E-state index is 12.7. The quantitative estimate of drug-likeness (QED) is 0.407. The third-order valence-corrected chi connectivity index (χ3v) is 5.16. The lowest BCUT2D eigenvalue weighted by atomic mass is 10.2. The van der Waals surface area contributed by atoms with Gasteiger partial charge in [0.15, 0.2) is 0 Å². The van der Waals surface area contributed by atoms with Gasteiger partial charge in [-0.15, -0.1) is 0 Å². The fourth-order valence-electron chi connectivity index (χ4n) is 2.71. The molecule has 26 heavy (non-hydrogen) atoms. The Balaban J connectivity index is 1.79. The zero-order valence-electron chi connectivity index (χ0n) is 13.7. The Labute approximate surface area is 148 Å². The molecule has 2 aromatic heterocycles. The van der Waals surface area contributed by atoms with Crippen LogP contribution in [0.15, 0.2) is 74.9 Å². The largest absolute Gasteiger partial charge is 0.423 e. The molecule has 0 atom stereocenters. The highest BCUT2D eigenvalue weighted by atomic mass is 32.2. The average molecular weight is 367 g/mol. The van der Waals surface area contributed by atoms with Gasteiger partial charge in [-0.1, -0.05) is 12.1 Å². The highest BCUT2D eigenvalue weighted by Crippen LogP contribution is 2.27. The molecule has 130 valence electrons. The van der Waals surface area contributed by atoms with Crippen molar-refractivity contribution in [3.8, 4) is 5.75 Å². The van der Waals surface area contributed by atoms with Crippen LogP contribution < -0.4 is 9.81 Å². The Morgan fingerprint density at radius 3 is 2.65 bits per heavy atom. The minimum atomic E-state index is -4.11. The van der Waals surface area contributed by atoms with Crippen LogP contribution in [0.1, 0.15) is 5.56 Å². The van der Waals surface area contributed by atoms with Crippen LogP contribution in [0.5, 0.6) is 5.75 Å². The monoisotopic (exact) mass is 367 g/mol. The summed E-state index contributed by atoms with van der Waals surface area (Å²) in [6, 6.07) is 14.1. The Hall–Kier alpha value is -3.19. The molecule has 0 aliphatic heterocycles.